The number of nitrogens with two attached hydrogens (primary N) is 3. The number of aliphatic hydroxyl groups excluding tert-OH is 8. The van der Waals surface area contributed by atoms with Crippen molar-refractivity contribution in [2.45, 2.75) is 195 Å². The number of rotatable bonds is 26. The van der Waals surface area contributed by atoms with Gasteiger partial charge in [-0.15, -0.1) is 0 Å². The van der Waals surface area contributed by atoms with E-state index in [-0.39, 0.29) is 17.7 Å². The van der Waals surface area contributed by atoms with Gasteiger partial charge in [0, 0.05) is 12.5 Å². The highest BCUT2D eigenvalue weighted by Gasteiger charge is 2.42. The van der Waals surface area contributed by atoms with Crippen LogP contribution < -0.4 is 59.7 Å². The Hall–Kier alpha value is -7.21. The van der Waals surface area contributed by atoms with Crippen LogP contribution in [-0.2, 0) is 62.2 Å². The molecule has 0 radical (unpaired) electrons. The summed E-state index contributed by atoms with van der Waals surface area (Å²) in [5.74, 6) is -14.7. The first kappa shape index (κ1) is 72.1. The summed E-state index contributed by atoms with van der Waals surface area (Å²) >= 11 is 0. The molecule has 15 atom stereocenters. The average Bonchev–Trinajstić information content (AvgIpc) is 3.63. The third kappa shape index (κ3) is 24.7. The van der Waals surface area contributed by atoms with E-state index in [0.717, 1.165) is 69.2 Å². The first-order valence-electron chi connectivity index (χ1n) is 27.8. The minimum absolute atomic E-state index is 0.0194. The Morgan fingerprint density at radius 3 is 1.64 bits per heavy atom. The highest BCUT2D eigenvalue weighted by molar-refractivity contribution is 5.99. The molecule has 0 saturated carbocycles. The number of amides is 11. The van der Waals surface area contributed by atoms with Crippen LogP contribution in [0, 0.1) is 0 Å². The van der Waals surface area contributed by atoms with Gasteiger partial charge in [-0.3, -0.25) is 52.7 Å². The second-order valence-electron chi connectivity index (χ2n) is 20.8. The molecule has 1 aromatic carbocycles. The molecule has 2 saturated heterocycles. The number of ether oxygens (including phenoxy) is 2. The zero-order chi connectivity index (χ0) is 63.5. The first-order valence-corrected chi connectivity index (χ1v) is 27.8. The van der Waals surface area contributed by atoms with Gasteiger partial charge in [0.2, 0.25) is 65.0 Å². The average molecular weight is 1210 g/mol. The van der Waals surface area contributed by atoms with Crippen molar-refractivity contribution in [1.82, 2.24) is 42.5 Å². The number of nitrogens with one attached hydrogen (secondary N) is 8. The molecular weight excluding hydrogens is 1130 g/mol. The van der Waals surface area contributed by atoms with Gasteiger partial charge >= 0.3 is 0 Å². The van der Waals surface area contributed by atoms with Gasteiger partial charge in [-0.2, -0.15) is 0 Å². The fourth-order valence-electron chi connectivity index (χ4n) is 9.06. The van der Waals surface area contributed by atoms with Crippen molar-refractivity contribution in [2.24, 2.45) is 17.2 Å². The van der Waals surface area contributed by atoms with E-state index in [1.807, 2.05) is 5.32 Å². The highest BCUT2D eigenvalue weighted by Crippen LogP contribution is 2.25. The predicted octanol–water partition coefficient (Wildman–Crippen LogP) is -8.19. The van der Waals surface area contributed by atoms with Crippen LogP contribution in [0.1, 0.15) is 115 Å². The number of hydrogen-bond acceptors (Lipinski definition) is 22. The number of phenols is 1. The Labute approximate surface area is 488 Å². The second kappa shape index (κ2) is 36.6. The Balaban J connectivity index is 2.14. The van der Waals surface area contributed by atoms with E-state index in [4.69, 9.17) is 26.7 Å². The van der Waals surface area contributed by atoms with Crippen LogP contribution in [0.5, 0.6) is 5.75 Å². The van der Waals surface area contributed by atoms with Crippen molar-refractivity contribution < 1.29 is 108 Å². The summed E-state index contributed by atoms with van der Waals surface area (Å²) in [5.41, 5.74) is 15.9. The molecule has 2 fully saturated rings. The maximum absolute atomic E-state index is 14.2. The molecule has 23 N–H and O–H groups in total. The van der Waals surface area contributed by atoms with E-state index >= 15 is 0 Å². The topological polar surface area (TPSA) is 563 Å². The lowest BCUT2D eigenvalue weighted by atomic mass is 9.94. The summed E-state index contributed by atoms with van der Waals surface area (Å²) in [4.78, 5) is 147. The van der Waals surface area contributed by atoms with Gasteiger partial charge < -0.3 is 115 Å². The molecule has 0 aliphatic carbocycles. The van der Waals surface area contributed by atoms with E-state index in [1.165, 1.54) is 0 Å². The van der Waals surface area contributed by atoms with E-state index < -0.39 is 215 Å². The van der Waals surface area contributed by atoms with Crippen LogP contribution in [0.25, 0.3) is 0 Å². The Kier molecular flexibility index (Phi) is 31.0. The van der Waals surface area contributed by atoms with Crippen molar-refractivity contribution in [2.75, 3.05) is 26.4 Å². The lowest BCUT2D eigenvalue weighted by molar-refractivity contribution is -0.293. The zero-order valence-corrected chi connectivity index (χ0v) is 47.0. The minimum atomic E-state index is -2.21. The molecule has 0 spiro atoms. The molecule has 3 rings (SSSR count). The van der Waals surface area contributed by atoms with Crippen molar-refractivity contribution in [3.63, 3.8) is 0 Å². The Bertz CT molecular complexity index is 2410. The molecule has 0 aromatic heterocycles. The van der Waals surface area contributed by atoms with Crippen molar-refractivity contribution in [3.8, 4) is 5.75 Å². The smallest absolute Gasteiger partial charge is 0.246 e. The van der Waals surface area contributed by atoms with E-state index in [0.29, 0.717) is 12.8 Å². The molecule has 478 valence electrons. The number of hydrogen-bond donors (Lipinski definition) is 20. The molecule has 33 heteroatoms. The number of phenolic OH excluding ortho intramolecular Hbond substituents is 1. The summed E-state index contributed by atoms with van der Waals surface area (Å²) in [5, 5.41) is 114. The maximum atomic E-state index is 14.2. The van der Waals surface area contributed by atoms with Crippen LogP contribution in [0.2, 0.25) is 0 Å². The summed E-state index contributed by atoms with van der Waals surface area (Å²) in [6, 6.07) is -9.65. The highest BCUT2D eigenvalue weighted by atomic mass is 16.7. The SMILES string of the molecule is CCCCCCCCCCC[C@H](O[C@@H]1OC[C@H](O)[C@@H](O)[C@@H]1O)[C@@H](O)[C@H](O)C[C@@H]1CC(=O)N[C@@H](CO)C(=O)N[C@@H]([C@H](O)c2ccc(O)cc2)C(=O)N[C@@H](CC(N)=O)C(=O)NCC(=O)N[C@@H](CC(N)=O)C(=O)N[C@@H](CO)C(=O)N[C@@H](CC(N)=O)C(=O)N1. The van der Waals surface area contributed by atoms with Crippen molar-refractivity contribution in [3.05, 3.63) is 29.8 Å². The quantitative estimate of drug-likeness (QED) is 0.0383. The largest absolute Gasteiger partial charge is 0.508 e. The molecule has 0 unspecified atom stereocenters. The third-order valence-electron chi connectivity index (χ3n) is 13.8. The molecule has 2 aliphatic rings. The van der Waals surface area contributed by atoms with Crippen LogP contribution >= 0.6 is 0 Å². The van der Waals surface area contributed by atoms with Crippen LogP contribution in [-0.4, -0.2) is 223 Å². The molecule has 2 aliphatic heterocycles. The zero-order valence-electron chi connectivity index (χ0n) is 47.0. The number of aliphatic hydroxyl groups is 8. The van der Waals surface area contributed by atoms with Crippen LogP contribution in [0.3, 0.4) is 0 Å². The lowest BCUT2D eigenvalue weighted by Gasteiger charge is -2.38. The number of carbonyl (C=O) groups excluding carboxylic acids is 11. The minimum Gasteiger partial charge on any atom is -0.508 e. The van der Waals surface area contributed by atoms with Crippen LogP contribution in [0.15, 0.2) is 24.3 Å². The predicted molar refractivity (Wildman–Crippen MR) is 291 cm³/mol. The Morgan fingerprint density at radius 2 is 1.07 bits per heavy atom. The fraction of sp³-hybridized carbons (Fsp3) is 0.673. The van der Waals surface area contributed by atoms with Gasteiger partial charge in [0.15, 0.2) is 6.29 Å². The van der Waals surface area contributed by atoms with Gasteiger partial charge in [0.25, 0.3) is 0 Å². The van der Waals surface area contributed by atoms with Gasteiger partial charge in [0.1, 0.15) is 72.5 Å². The maximum Gasteiger partial charge on any atom is 0.246 e. The van der Waals surface area contributed by atoms with E-state index in [2.05, 4.69) is 44.1 Å². The molecule has 11 amide bonds. The van der Waals surface area contributed by atoms with Gasteiger partial charge in [-0.1, -0.05) is 76.8 Å². The number of aromatic hydroxyl groups is 1. The first-order chi connectivity index (χ1) is 40.2. The molecular formula is C52H83N11O22. The van der Waals surface area contributed by atoms with Gasteiger partial charge in [-0.05, 0) is 30.5 Å². The summed E-state index contributed by atoms with van der Waals surface area (Å²) in [6.45, 7) is -2.00. The second-order valence-corrected chi connectivity index (χ2v) is 20.8. The van der Waals surface area contributed by atoms with Gasteiger partial charge in [0.05, 0.1) is 57.8 Å². The molecule has 1 aromatic rings. The van der Waals surface area contributed by atoms with E-state index in [1.54, 1.807) is 0 Å². The monoisotopic (exact) mass is 1210 g/mol. The third-order valence-corrected chi connectivity index (χ3v) is 13.8. The molecule has 2 heterocycles. The number of primary amides is 3. The lowest BCUT2D eigenvalue weighted by Crippen LogP contribution is -2.60. The summed E-state index contributed by atoms with van der Waals surface area (Å²) < 4.78 is 11.3. The number of benzene rings is 1. The van der Waals surface area contributed by atoms with Crippen LogP contribution in [0.4, 0.5) is 0 Å². The standard InChI is InChI=1S/C52H83N11O22/c1-2-3-4-5-6-7-8-9-10-11-35(85-52-45(77)44(76)34(68)24-84-52)43(75)33(67)16-26-17-39(72)59-31(22-64)50(82)63-41(42(74)25-12-14-27(66)15-13-25)51(83)61-28(18-36(53)69)46(78)56-21-40(73)58-29(19-37(54)70)48(80)62-32(23-65)49(81)60-30(20-38(55)71)47(79)57-26/h12-15,26,28-35,41-45,52,64-68,74-77H,2-11,16-24H2,1H3,(H2,53,69)(H2,54,70)(H2,55,71)(H,56,78)(H,57,79)(H,58,73)(H,59,72)(H,60,81)(H,61,83)(H,62,80)(H,63,82)/t26-,28+,29+,30+,31+,32+,33-,34+,35+,41+,42-,43+,44-,45+,52+/m1/s1. The summed E-state index contributed by atoms with van der Waals surface area (Å²) in [7, 11) is 0. The van der Waals surface area contributed by atoms with Crippen molar-refractivity contribution in [1.29, 1.82) is 0 Å². The summed E-state index contributed by atoms with van der Waals surface area (Å²) in [6.07, 6.45) is -11.3. The van der Waals surface area contributed by atoms with E-state index in [9.17, 15) is 98.7 Å². The molecule has 85 heavy (non-hydrogen) atoms. The number of unbranched alkanes of at least 4 members (excludes halogenated alkanes) is 8. The molecule has 33 nitrogen and oxygen atoms in total. The van der Waals surface area contributed by atoms with Crippen molar-refractivity contribution >= 4 is 65.0 Å². The number of carbonyl (C=O) groups is 11. The fourth-order valence-corrected chi connectivity index (χ4v) is 9.06. The Morgan fingerprint density at radius 1 is 0.600 bits per heavy atom. The normalized spacial score (nSPS) is 27.0. The molecule has 0 bridgehead atoms. The van der Waals surface area contributed by atoms with Gasteiger partial charge in [-0.25, -0.2) is 0 Å².